The first-order valence-corrected chi connectivity index (χ1v) is 7.46. The summed E-state index contributed by atoms with van der Waals surface area (Å²) in [6.45, 7) is 1.91. The molecule has 0 aliphatic carbocycles. The molecular formula is C13H25BN2O5. The van der Waals surface area contributed by atoms with E-state index >= 15 is 0 Å². The van der Waals surface area contributed by atoms with Crippen LogP contribution in [0.1, 0.15) is 38.5 Å². The summed E-state index contributed by atoms with van der Waals surface area (Å²) in [6, 6.07) is 0. The van der Waals surface area contributed by atoms with Crippen LogP contribution in [0, 0.1) is 0 Å². The zero-order chi connectivity index (χ0) is 15.9. The largest absolute Gasteiger partial charge is 0.480 e. The van der Waals surface area contributed by atoms with Crippen LogP contribution in [-0.4, -0.2) is 64.1 Å². The van der Waals surface area contributed by atoms with E-state index in [9.17, 15) is 14.7 Å². The summed E-state index contributed by atoms with van der Waals surface area (Å²) in [5.41, 5.74) is 4.69. The van der Waals surface area contributed by atoms with E-state index in [1.165, 1.54) is 0 Å². The van der Waals surface area contributed by atoms with E-state index in [1.54, 1.807) is 0 Å². The van der Waals surface area contributed by atoms with Crippen LogP contribution in [0.25, 0.3) is 0 Å². The molecular weight excluding hydrogens is 275 g/mol. The summed E-state index contributed by atoms with van der Waals surface area (Å²) >= 11 is 0. The number of hydrogen-bond acceptors (Lipinski definition) is 6. The van der Waals surface area contributed by atoms with Gasteiger partial charge in [0.05, 0.1) is 0 Å². The molecule has 0 aromatic heterocycles. The minimum Gasteiger partial charge on any atom is -0.480 e. The van der Waals surface area contributed by atoms with Crippen molar-refractivity contribution < 1.29 is 24.7 Å². The molecule has 7 nitrogen and oxygen atoms in total. The molecule has 8 heteroatoms. The highest BCUT2D eigenvalue weighted by molar-refractivity contribution is 6.40. The molecule has 0 aromatic rings. The van der Waals surface area contributed by atoms with Crippen LogP contribution in [0.3, 0.4) is 0 Å². The Kier molecular flexibility index (Phi) is 7.31. The van der Waals surface area contributed by atoms with Crippen molar-refractivity contribution in [2.45, 2.75) is 50.4 Å². The van der Waals surface area contributed by atoms with Gasteiger partial charge in [-0.1, -0.05) is 12.8 Å². The number of carboxylic acid groups (broad SMARTS) is 1. The van der Waals surface area contributed by atoms with Crippen LogP contribution >= 0.6 is 0 Å². The molecule has 1 aliphatic rings. The minimum absolute atomic E-state index is 0.226. The summed E-state index contributed by atoms with van der Waals surface area (Å²) < 4.78 is 0. The van der Waals surface area contributed by atoms with Gasteiger partial charge in [-0.15, -0.1) is 0 Å². The Morgan fingerprint density at radius 2 is 1.86 bits per heavy atom. The Labute approximate surface area is 125 Å². The smallest absolute Gasteiger partial charge is 0.451 e. The molecule has 0 saturated carbocycles. The van der Waals surface area contributed by atoms with Gasteiger partial charge in [0.1, 0.15) is 11.3 Å². The van der Waals surface area contributed by atoms with E-state index in [4.69, 9.17) is 15.8 Å². The lowest BCUT2D eigenvalue weighted by atomic mass is 9.81. The number of Topliss-reactive ketones (excluding diaryl/α,β-unsaturated/α-hetero) is 1. The van der Waals surface area contributed by atoms with Crippen LogP contribution in [0.4, 0.5) is 0 Å². The van der Waals surface area contributed by atoms with Crippen molar-refractivity contribution in [2.75, 3.05) is 19.6 Å². The highest BCUT2D eigenvalue weighted by Crippen LogP contribution is 2.19. The molecule has 1 rings (SSSR count). The molecule has 0 aromatic carbocycles. The second-order valence-corrected chi connectivity index (χ2v) is 5.82. The number of piperidine rings is 1. The molecule has 0 spiro atoms. The quantitative estimate of drug-likeness (QED) is 0.333. The minimum atomic E-state index is -1.35. The van der Waals surface area contributed by atoms with E-state index in [1.807, 2.05) is 0 Å². The molecule has 21 heavy (non-hydrogen) atoms. The predicted molar refractivity (Wildman–Crippen MR) is 78.7 cm³/mol. The normalized spacial score (nSPS) is 19.3. The first kappa shape index (κ1) is 18.1. The van der Waals surface area contributed by atoms with E-state index in [2.05, 4.69) is 4.90 Å². The Balaban J connectivity index is 2.37. The maximum absolute atomic E-state index is 11.4. The van der Waals surface area contributed by atoms with Gasteiger partial charge >= 0.3 is 13.1 Å². The van der Waals surface area contributed by atoms with Crippen molar-refractivity contribution in [3.8, 4) is 0 Å². The van der Waals surface area contributed by atoms with Crippen molar-refractivity contribution in [1.82, 2.24) is 4.90 Å². The Morgan fingerprint density at radius 1 is 1.24 bits per heavy atom. The number of nitrogens with two attached hydrogens (primary N) is 1. The SMILES string of the molecule is NC(CCCCB(O)O)(CCN1CCC(=O)CC1)C(=O)O. The lowest BCUT2D eigenvalue weighted by Gasteiger charge is -2.31. The van der Waals surface area contributed by atoms with Crippen molar-refractivity contribution in [3.05, 3.63) is 0 Å². The number of carbonyl (C=O) groups excluding carboxylic acids is 1. The maximum atomic E-state index is 11.4. The molecule has 1 atom stereocenters. The highest BCUT2D eigenvalue weighted by Gasteiger charge is 2.34. The molecule has 1 unspecified atom stereocenters. The molecule has 1 aliphatic heterocycles. The zero-order valence-electron chi connectivity index (χ0n) is 12.3. The van der Waals surface area contributed by atoms with Crippen molar-refractivity contribution in [3.63, 3.8) is 0 Å². The topological polar surface area (TPSA) is 124 Å². The van der Waals surface area contributed by atoms with E-state index < -0.39 is 18.6 Å². The van der Waals surface area contributed by atoms with E-state index in [0.29, 0.717) is 58.2 Å². The average Bonchev–Trinajstić information content (AvgIpc) is 2.42. The molecule has 1 saturated heterocycles. The average molecular weight is 300 g/mol. The highest BCUT2D eigenvalue weighted by atomic mass is 16.4. The summed E-state index contributed by atoms with van der Waals surface area (Å²) in [7, 11) is -1.35. The van der Waals surface area contributed by atoms with Gasteiger partial charge < -0.3 is 25.8 Å². The molecule has 120 valence electrons. The number of nitrogens with zero attached hydrogens (tertiary/aromatic N) is 1. The number of unbranched alkanes of at least 4 members (excludes halogenated alkanes) is 1. The number of hydrogen-bond donors (Lipinski definition) is 4. The van der Waals surface area contributed by atoms with Gasteiger partial charge in [0, 0.05) is 32.5 Å². The monoisotopic (exact) mass is 300 g/mol. The number of likely N-dealkylation sites (tertiary alicyclic amines) is 1. The third-order valence-corrected chi connectivity index (χ3v) is 4.05. The van der Waals surface area contributed by atoms with Gasteiger partial charge in [-0.05, 0) is 19.2 Å². The van der Waals surface area contributed by atoms with Crippen LogP contribution in [0.2, 0.25) is 6.32 Å². The zero-order valence-corrected chi connectivity index (χ0v) is 12.3. The molecule has 0 bridgehead atoms. The first-order chi connectivity index (χ1) is 9.83. The number of carbonyl (C=O) groups is 2. The van der Waals surface area contributed by atoms with Crippen molar-refractivity contribution >= 4 is 18.9 Å². The summed E-state index contributed by atoms with van der Waals surface area (Å²) in [6.07, 6.45) is 2.99. The maximum Gasteiger partial charge on any atom is 0.451 e. The Bertz CT molecular complexity index is 356. The number of aliphatic carboxylic acids is 1. The van der Waals surface area contributed by atoms with Gasteiger partial charge in [-0.3, -0.25) is 9.59 Å². The van der Waals surface area contributed by atoms with E-state index in [-0.39, 0.29) is 12.1 Å². The molecule has 1 heterocycles. The van der Waals surface area contributed by atoms with Gasteiger partial charge in [-0.2, -0.15) is 0 Å². The van der Waals surface area contributed by atoms with Gasteiger partial charge in [0.25, 0.3) is 0 Å². The van der Waals surface area contributed by atoms with Crippen LogP contribution in [-0.2, 0) is 9.59 Å². The summed E-state index contributed by atoms with van der Waals surface area (Å²) in [5.74, 6) is -0.772. The van der Waals surface area contributed by atoms with Gasteiger partial charge in [0.15, 0.2) is 0 Å². The summed E-state index contributed by atoms with van der Waals surface area (Å²) in [4.78, 5) is 24.6. The molecule has 0 amide bonds. The molecule has 5 N–H and O–H groups in total. The number of ketones is 1. The second kappa shape index (κ2) is 8.48. The Morgan fingerprint density at radius 3 is 2.38 bits per heavy atom. The van der Waals surface area contributed by atoms with Gasteiger partial charge in [0.2, 0.25) is 0 Å². The second-order valence-electron chi connectivity index (χ2n) is 5.82. The van der Waals surface area contributed by atoms with Crippen LogP contribution < -0.4 is 5.73 Å². The number of carboxylic acids is 1. The third-order valence-electron chi connectivity index (χ3n) is 4.05. The lowest BCUT2D eigenvalue weighted by Crippen LogP contribution is -2.50. The number of rotatable bonds is 9. The summed E-state index contributed by atoms with van der Waals surface area (Å²) in [5, 5.41) is 26.8. The predicted octanol–water partition coefficient (Wildman–Crippen LogP) is -0.533. The van der Waals surface area contributed by atoms with Crippen LogP contribution in [0.15, 0.2) is 0 Å². The van der Waals surface area contributed by atoms with Crippen molar-refractivity contribution in [1.29, 1.82) is 0 Å². The molecule has 0 radical (unpaired) electrons. The third kappa shape index (κ3) is 6.56. The molecule has 1 fully saturated rings. The fourth-order valence-corrected chi connectivity index (χ4v) is 2.49. The standard InChI is InChI=1S/C13H25BN2O5/c15-13(12(18)19,5-1-2-7-14(20)21)6-10-16-8-3-11(17)4-9-16/h20-21H,1-10,15H2,(H,18,19). The van der Waals surface area contributed by atoms with E-state index in [0.717, 1.165) is 0 Å². The van der Waals surface area contributed by atoms with Crippen molar-refractivity contribution in [2.24, 2.45) is 5.73 Å². The van der Waals surface area contributed by atoms with Crippen LogP contribution in [0.5, 0.6) is 0 Å². The lowest BCUT2D eigenvalue weighted by molar-refractivity contribution is -0.144. The fraction of sp³-hybridized carbons (Fsp3) is 0.846. The van der Waals surface area contributed by atoms with Gasteiger partial charge in [-0.25, -0.2) is 0 Å². The fourth-order valence-electron chi connectivity index (χ4n) is 2.49. The Hall–Kier alpha value is -0.955. The first-order valence-electron chi connectivity index (χ1n) is 7.46.